The highest BCUT2D eigenvalue weighted by Crippen LogP contribution is 2.41. The van der Waals surface area contributed by atoms with Crippen LogP contribution in [-0.2, 0) is 16.0 Å². The van der Waals surface area contributed by atoms with Gasteiger partial charge in [-0.3, -0.25) is 4.79 Å². The van der Waals surface area contributed by atoms with Gasteiger partial charge in [0.25, 0.3) is 5.69 Å². The number of carbonyl (C=O) groups excluding carboxylic acids is 1. The SMILES string of the molecule is CNCC(O)COc1cccc(-c2nc(NC3CC(O)C3Cc3noc(C)c3-c3cc(NC4CCC(O[n+]5oc(C)c(-c6cc(NC7CC(C(=O)OC)C7)nc(-c7cccc(OCC(O)CNC)c7)n6)c5C)C4)nc(-c4cccc(OCC(O)CNC)c4)n3)cc(-c3c(C)noc3C)n2)c1. The predicted octanol–water partition coefficient (Wildman–Crippen LogP) is 6.56. The van der Waals surface area contributed by atoms with Crippen molar-refractivity contribution in [3.05, 3.63) is 125 Å². The van der Waals surface area contributed by atoms with Crippen LogP contribution in [0.2, 0.25) is 0 Å². The monoisotopic (exact) mass is 1370 g/mol. The van der Waals surface area contributed by atoms with Gasteiger partial charge in [0.2, 0.25) is 4.90 Å². The number of hydrogen-bond donors (Lipinski definition) is 10. The lowest BCUT2D eigenvalue weighted by Gasteiger charge is -2.42. The summed E-state index contributed by atoms with van der Waals surface area (Å²) in [6, 6.07) is 27.5. The van der Waals surface area contributed by atoms with Crippen LogP contribution in [-0.4, -0.2) is 183 Å². The molecule has 3 aromatic carbocycles. The van der Waals surface area contributed by atoms with E-state index in [-0.39, 0.29) is 61.9 Å². The fourth-order valence-corrected chi connectivity index (χ4v) is 13.1. The van der Waals surface area contributed by atoms with Gasteiger partial charge in [0, 0.05) is 105 Å². The number of nitrogens with zero attached hydrogens (tertiary/aromatic N) is 9. The van der Waals surface area contributed by atoms with Crippen molar-refractivity contribution < 1.29 is 67.5 Å². The summed E-state index contributed by atoms with van der Waals surface area (Å²) in [7, 11) is 6.71. The van der Waals surface area contributed by atoms with Gasteiger partial charge in [-0.25, -0.2) is 34.7 Å². The molecule has 28 heteroatoms. The first-order valence-corrected chi connectivity index (χ1v) is 33.9. The maximum atomic E-state index is 12.3. The van der Waals surface area contributed by atoms with Crippen molar-refractivity contribution in [1.82, 2.24) is 56.2 Å². The average molecular weight is 1370 g/mol. The van der Waals surface area contributed by atoms with E-state index >= 15 is 0 Å². The molecule has 0 radical (unpaired) electrons. The van der Waals surface area contributed by atoms with Gasteiger partial charge in [-0.1, -0.05) is 46.7 Å². The van der Waals surface area contributed by atoms with E-state index in [0.29, 0.717) is 184 Å². The number of benzene rings is 3. The lowest BCUT2D eigenvalue weighted by atomic mass is 9.73. The second-order valence-electron chi connectivity index (χ2n) is 26.0. The van der Waals surface area contributed by atoms with E-state index in [0.717, 1.165) is 17.5 Å². The molecule has 10 N–H and O–H groups in total. The molecule has 12 rings (SSSR count). The molecule has 28 nitrogen and oxygen atoms in total. The number of aliphatic hydroxyl groups excluding tert-OH is 4. The van der Waals surface area contributed by atoms with Crippen molar-refractivity contribution in [3.8, 4) is 85.2 Å². The van der Waals surface area contributed by atoms with Gasteiger partial charge >= 0.3 is 5.97 Å². The summed E-state index contributed by atoms with van der Waals surface area (Å²) in [5.74, 6) is 5.43. The maximum absolute atomic E-state index is 12.3. The van der Waals surface area contributed by atoms with Crippen LogP contribution < -0.4 is 55.9 Å². The molecule has 0 amide bonds. The standard InChI is InChI=1S/C72H88N15O13/c1-38-66(40(3)97-85-38)58-29-65(84-69(79-58)43-13-10-16-52(23-43)94-35-49(88)32-73-6)78-57-28-62(91)56(57)27-61-68(41(4)98-86-61)60-31-63(82-71(81-60)45-15-12-18-54(25-45)96-37-51(90)34-75-8)76-47-19-20-55(26-47)100-87-39(2)67(42(5)99-87)59-30-64(77-48-21-46(22-48)72(92)93-9)83-70(80-59)44-14-11-17-53(24-44)95-36-50(89)33-74-7/h10-18,23-25,29-31,46-51,55-57,62,73-75,88-91H,19-22,26-28,32-37H2,1-9H3,(H,76,81,82)(H,77,80,83)(H,78,79,84)/q+1. The van der Waals surface area contributed by atoms with Gasteiger partial charge in [-0.05, 0) is 110 Å². The fraction of sp³-hybridized carbons (Fsp3) is 0.444. The van der Waals surface area contributed by atoms with Gasteiger partial charge < -0.3 is 80.3 Å². The average Bonchev–Trinajstić information content (AvgIpc) is 1.46. The number of nitrogens with one attached hydrogen (secondary N) is 6. The zero-order valence-corrected chi connectivity index (χ0v) is 57.6. The van der Waals surface area contributed by atoms with E-state index in [1.807, 2.05) is 126 Å². The number of methoxy groups -OCH3 is 1. The summed E-state index contributed by atoms with van der Waals surface area (Å²) in [6.07, 6.45) is 0.824. The number of likely N-dealkylation sites (N-methyl/N-ethyl adjacent to an activating group) is 3. The molecular weight excluding hydrogens is 1280 g/mol. The minimum Gasteiger partial charge on any atom is -0.491 e. The second kappa shape index (κ2) is 31.7. The van der Waals surface area contributed by atoms with Crippen LogP contribution in [0.4, 0.5) is 17.5 Å². The van der Waals surface area contributed by atoms with Crippen molar-refractivity contribution >= 4 is 23.4 Å². The third-order valence-corrected chi connectivity index (χ3v) is 18.3. The smallest absolute Gasteiger partial charge is 0.308 e. The van der Waals surface area contributed by atoms with Crippen molar-refractivity contribution in [2.45, 2.75) is 128 Å². The summed E-state index contributed by atoms with van der Waals surface area (Å²) in [5, 5.41) is 71.5. The minimum atomic E-state index is -0.734. The molecule has 3 saturated carbocycles. The predicted molar refractivity (Wildman–Crippen MR) is 370 cm³/mol. The van der Waals surface area contributed by atoms with Crippen LogP contribution in [0.3, 0.4) is 0 Å². The molecule has 8 atom stereocenters. The Hall–Kier alpha value is -9.68. The van der Waals surface area contributed by atoms with E-state index in [1.54, 1.807) is 21.1 Å². The lowest BCUT2D eigenvalue weighted by molar-refractivity contribution is -1.03. The van der Waals surface area contributed by atoms with Crippen LogP contribution in [0.15, 0.2) is 105 Å². The highest BCUT2D eigenvalue weighted by atomic mass is 16.8. The van der Waals surface area contributed by atoms with Gasteiger partial charge in [0.1, 0.15) is 89.9 Å². The molecule has 3 fully saturated rings. The minimum absolute atomic E-state index is 0.0148. The summed E-state index contributed by atoms with van der Waals surface area (Å²) < 4.78 is 41.0. The second-order valence-corrected chi connectivity index (χ2v) is 26.0. The molecule has 3 aliphatic rings. The Morgan fingerprint density at radius 2 is 1.05 bits per heavy atom. The van der Waals surface area contributed by atoms with Crippen LogP contribution in [0.1, 0.15) is 72.9 Å². The van der Waals surface area contributed by atoms with Crippen LogP contribution in [0, 0.1) is 46.5 Å². The zero-order valence-electron chi connectivity index (χ0n) is 57.6. The van der Waals surface area contributed by atoms with E-state index < -0.39 is 24.4 Å². The van der Waals surface area contributed by atoms with Crippen LogP contribution >= 0.6 is 0 Å². The van der Waals surface area contributed by atoms with E-state index in [4.69, 9.17) is 67.3 Å². The molecule has 3 aliphatic carbocycles. The largest absolute Gasteiger partial charge is 0.491 e. The lowest BCUT2D eigenvalue weighted by Crippen LogP contribution is -2.51. The molecule has 0 aliphatic heterocycles. The Morgan fingerprint density at radius 3 is 1.54 bits per heavy atom. The zero-order chi connectivity index (χ0) is 70.1. The summed E-state index contributed by atoms with van der Waals surface area (Å²) in [4.78, 5) is 50.9. The van der Waals surface area contributed by atoms with E-state index in [2.05, 4.69) is 42.2 Å². The van der Waals surface area contributed by atoms with Crippen LogP contribution in [0.25, 0.3) is 67.9 Å². The Bertz CT molecular complexity index is 4270. The number of aryl methyl sites for hydroxylation is 4. The molecule has 100 heavy (non-hydrogen) atoms. The number of rotatable bonds is 32. The van der Waals surface area contributed by atoms with Crippen molar-refractivity contribution in [3.63, 3.8) is 0 Å². The first-order valence-electron chi connectivity index (χ1n) is 33.9. The Kier molecular flexibility index (Phi) is 22.2. The molecule has 0 saturated heterocycles. The first kappa shape index (κ1) is 70.2. The van der Waals surface area contributed by atoms with Gasteiger partial charge in [-0.15, -0.1) is 0 Å². The fourth-order valence-electron chi connectivity index (χ4n) is 13.1. The molecule has 6 heterocycles. The first-order chi connectivity index (χ1) is 48.4. The number of anilines is 3. The molecule has 0 spiro atoms. The van der Waals surface area contributed by atoms with Gasteiger partial charge in [-0.2, -0.15) is 4.52 Å². The normalized spacial score (nSPS) is 19.6. The summed E-state index contributed by atoms with van der Waals surface area (Å²) in [6.45, 7) is 10.7. The van der Waals surface area contributed by atoms with E-state index in [1.165, 1.54) is 12.0 Å². The highest BCUT2D eigenvalue weighted by Gasteiger charge is 2.42. The Balaban J connectivity index is 0.795. The van der Waals surface area contributed by atoms with E-state index in [9.17, 15) is 25.2 Å². The number of carbonyl (C=O) groups is 1. The third-order valence-electron chi connectivity index (χ3n) is 18.3. The van der Waals surface area contributed by atoms with Gasteiger partial charge in [0.15, 0.2) is 29.3 Å². The van der Waals surface area contributed by atoms with Crippen molar-refractivity contribution in [2.75, 3.05) is 83.7 Å². The topological polar surface area (TPSA) is 363 Å². The van der Waals surface area contributed by atoms with Crippen molar-refractivity contribution in [1.29, 1.82) is 0 Å². The highest BCUT2D eigenvalue weighted by molar-refractivity contribution is 5.75. The molecule has 528 valence electrons. The molecule has 9 aromatic rings. The van der Waals surface area contributed by atoms with Gasteiger partial charge in [0.05, 0.1) is 58.7 Å². The Labute approximate surface area is 578 Å². The molecule has 8 unspecified atom stereocenters. The molecule has 6 aromatic heterocycles. The quantitative estimate of drug-likeness (QED) is 0.0199. The van der Waals surface area contributed by atoms with Crippen molar-refractivity contribution in [2.24, 2.45) is 11.8 Å². The number of esters is 1. The molecular formula is C72H88N15O13+. The third kappa shape index (κ3) is 16.6. The summed E-state index contributed by atoms with van der Waals surface area (Å²) in [5.41, 5.74) is 7.85. The summed E-state index contributed by atoms with van der Waals surface area (Å²) >= 11 is 0. The number of aromatic nitrogens is 9. The maximum Gasteiger partial charge on any atom is 0.308 e. The number of ether oxygens (including phenoxy) is 4. The molecule has 0 bridgehead atoms. The number of hydrogen-bond acceptors (Lipinski definition) is 27. The number of aliphatic hydroxyl groups is 4. The van der Waals surface area contributed by atoms with Crippen LogP contribution in [0.5, 0.6) is 17.2 Å². The Morgan fingerprint density at radius 1 is 0.570 bits per heavy atom.